The van der Waals surface area contributed by atoms with Crippen molar-refractivity contribution in [2.45, 2.75) is 13.1 Å². The van der Waals surface area contributed by atoms with Gasteiger partial charge in [0.05, 0.1) is 6.20 Å². The molecule has 2 aromatic rings. The number of hydrogen-bond donors (Lipinski definition) is 3. The van der Waals surface area contributed by atoms with Crippen LogP contribution in [-0.4, -0.2) is 20.8 Å². The molecule has 4 N–H and O–H groups in total. The quantitative estimate of drug-likeness (QED) is 0.321. The van der Waals surface area contributed by atoms with Crippen molar-refractivity contribution in [1.29, 1.82) is 0 Å². The molecule has 0 spiro atoms. The Kier molecular flexibility index (Phi) is 4.15. The Bertz CT molecular complexity index is 559. The minimum Gasteiger partial charge on any atom is -0.409 e. The monoisotopic (exact) mass is 259 g/mol. The molecular weight excluding hydrogens is 242 g/mol. The number of nitrogens with zero attached hydrogens (tertiary/aromatic N) is 3. The highest BCUT2D eigenvalue weighted by Crippen LogP contribution is 2.04. The molecule has 19 heavy (non-hydrogen) atoms. The number of oxime groups is 1. The summed E-state index contributed by atoms with van der Waals surface area (Å²) in [6.07, 6.45) is 3.82. The van der Waals surface area contributed by atoms with Gasteiger partial charge in [-0.25, -0.2) is 0 Å². The fraction of sp³-hybridized carbons (Fsp3) is 0.231. The molecule has 2 rings (SSSR count). The van der Waals surface area contributed by atoms with Crippen molar-refractivity contribution >= 4 is 5.84 Å². The van der Waals surface area contributed by atoms with Crippen LogP contribution < -0.4 is 11.1 Å². The van der Waals surface area contributed by atoms with E-state index in [1.165, 1.54) is 0 Å². The fourth-order valence-electron chi connectivity index (χ4n) is 1.77. The number of rotatable bonds is 5. The van der Waals surface area contributed by atoms with Crippen molar-refractivity contribution in [2.24, 2.45) is 17.9 Å². The number of nitrogens with one attached hydrogen (secondary N) is 1. The second-order valence-corrected chi connectivity index (χ2v) is 4.31. The minimum atomic E-state index is 0.120. The van der Waals surface area contributed by atoms with Crippen LogP contribution in [0.3, 0.4) is 0 Å². The number of hydrogen-bond acceptors (Lipinski definition) is 4. The molecule has 6 heteroatoms. The van der Waals surface area contributed by atoms with Gasteiger partial charge in [-0.05, 0) is 5.56 Å². The zero-order valence-corrected chi connectivity index (χ0v) is 10.7. The van der Waals surface area contributed by atoms with E-state index in [2.05, 4.69) is 15.6 Å². The van der Waals surface area contributed by atoms with Crippen molar-refractivity contribution < 1.29 is 5.21 Å². The summed E-state index contributed by atoms with van der Waals surface area (Å²) < 4.78 is 1.78. The summed E-state index contributed by atoms with van der Waals surface area (Å²) in [7, 11) is 1.90. The molecule has 100 valence electrons. The topological polar surface area (TPSA) is 88.5 Å². The Morgan fingerprint density at radius 1 is 1.32 bits per heavy atom. The van der Waals surface area contributed by atoms with Gasteiger partial charge < -0.3 is 16.3 Å². The highest BCUT2D eigenvalue weighted by molar-refractivity contribution is 5.96. The molecule has 0 aliphatic carbocycles. The second-order valence-electron chi connectivity index (χ2n) is 4.31. The van der Waals surface area contributed by atoms with Gasteiger partial charge in [-0.3, -0.25) is 4.68 Å². The van der Waals surface area contributed by atoms with Crippen LogP contribution >= 0.6 is 0 Å². The molecule has 0 amide bonds. The van der Waals surface area contributed by atoms with Crippen molar-refractivity contribution in [1.82, 2.24) is 15.1 Å². The summed E-state index contributed by atoms with van der Waals surface area (Å²) >= 11 is 0. The Balaban J connectivity index is 1.86. The molecule has 0 atom stereocenters. The van der Waals surface area contributed by atoms with E-state index in [1.807, 2.05) is 43.7 Å². The maximum absolute atomic E-state index is 8.57. The van der Waals surface area contributed by atoms with E-state index >= 15 is 0 Å². The number of aromatic nitrogens is 2. The first-order valence-corrected chi connectivity index (χ1v) is 5.94. The average Bonchev–Trinajstić information content (AvgIpc) is 2.84. The Hall–Kier alpha value is -2.34. The van der Waals surface area contributed by atoms with Crippen LogP contribution in [0.15, 0.2) is 41.8 Å². The summed E-state index contributed by atoms with van der Waals surface area (Å²) in [6.45, 7) is 1.53. The van der Waals surface area contributed by atoms with Gasteiger partial charge in [0, 0.05) is 37.5 Å². The smallest absolute Gasteiger partial charge is 0.170 e. The summed E-state index contributed by atoms with van der Waals surface area (Å²) in [6, 6.07) is 7.56. The van der Waals surface area contributed by atoms with Gasteiger partial charge in [0.25, 0.3) is 0 Å². The van der Waals surface area contributed by atoms with E-state index in [1.54, 1.807) is 4.68 Å². The molecule has 0 bridgehead atoms. The molecular formula is C13H17N5O. The van der Waals surface area contributed by atoms with Crippen LogP contribution in [-0.2, 0) is 20.1 Å². The van der Waals surface area contributed by atoms with Crippen LogP contribution in [0.5, 0.6) is 0 Å². The maximum Gasteiger partial charge on any atom is 0.170 e. The van der Waals surface area contributed by atoms with E-state index in [0.29, 0.717) is 5.56 Å². The van der Waals surface area contributed by atoms with E-state index < -0.39 is 0 Å². The lowest BCUT2D eigenvalue weighted by Crippen LogP contribution is -2.14. The maximum atomic E-state index is 8.57. The largest absolute Gasteiger partial charge is 0.409 e. The lowest BCUT2D eigenvalue weighted by Gasteiger charge is -2.04. The van der Waals surface area contributed by atoms with Crippen molar-refractivity contribution in [3.63, 3.8) is 0 Å². The SMILES string of the molecule is Cn1cc(CNCc2ccc(C(N)=NO)cc2)cn1. The normalized spacial score (nSPS) is 11.7. The van der Waals surface area contributed by atoms with Crippen molar-refractivity contribution in [3.05, 3.63) is 53.3 Å². The van der Waals surface area contributed by atoms with Gasteiger partial charge >= 0.3 is 0 Å². The zero-order chi connectivity index (χ0) is 13.7. The van der Waals surface area contributed by atoms with Crippen LogP contribution in [0.4, 0.5) is 0 Å². The van der Waals surface area contributed by atoms with Gasteiger partial charge in [-0.1, -0.05) is 29.4 Å². The third kappa shape index (κ3) is 3.56. The van der Waals surface area contributed by atoms with Crippen LogP contribution in [0.25, 0.3) is 0 Å². The first kappa shape index (κ1) is 13.1. The fourth-order valence-corrected chi connectivity index (χ4v) is 1.77. The number of amidine groups is 1. The average molecular weight is 259 g/mol. The number of nitrogens with two attached hydrogens (primary N) is 1. The molecule has 0 fully saturated rings. The third-order valence-corrected chi connectivity index (χ3v) is 2.77. The molecule has 0 unspecified atom stereocenters. The minimum absolute atomic E-state index is 0.120. The van der Waals surface area contributed by atoms with E-state index in [0.717, 1.165) is 24.2 Å². The summed E-state index contributed by atoms with van der Waals surface area (Å²) in [5, 5.41) is 19.0. The van der Waals surface area contributed by atoms with E-state index in [4.69, 9.17) is 10.9 Å². The molecule has 0 saturated carbocycles. The second kappa shape index (κ2) is 6.01. The van der Waals surface area contributed by atoms with Crippen molar-refractivity contribution in [3.8, 4) is 0 Å². The van der Waals surface area contributed by atoms with Gasteiger partial charge in [0.15, 0.2) is 5.84 Å². The van der Waals surface area contributed by atoms with Gasteiger partial charge in [-0.2, -0.15) is 5.10 Å². The lowest BCUT2D eigenvalue weighted by molar-refractivity contribution is 0.318. The standard InChI is InChI=1S/C13H17N5O/c1-18-9-11(8-16-18)7-15-6-10-2-4-12(5-3-10)13(14)17-19/h2-5,8-9,15,19H,6-7H2,1H3,(H2,14,17). The molecule has 0 radical (unpaired) electrons. The summed E-state index contributed by atoms with van der Waals surface area (Å²) in [5.74, 6) is 0.120. The summed E-state index contributed by atoms with van der Waals surface area (Å²) in [4.78, 5) is 0. The Labute approximate surface area is 111 Å². The molecule has 1 heterocycles. The van der Waals surface area contributed by atoms with Gasteiger partial charge in [-0.15, -0.1) is 0 Å². The first-order chi connectivity index (χ1) is 9.19. The van der Waals surface area contributed by atoms with Gasteiger partial charge in [0.1, 0.15) is 0 Å². The molecule has 1 aromatic heterocycles. The lowest BCUT2D eigenvalue weighted by atomic mass is 10.1. The summed E-state index contributed by atoms with van der Waals surface area (Å²) in [5.41, 5.74) is 8.49. The highest BCUT2D eigenvalue weighted by Gasteiger charge is 2.00. The van der Waals surface area contributed by atoms with E-state index in [9.17, 15) is 0 Å². The molecule has 0 aliphatic rings. The molecule has 6 nitrogen and oxygen atoms in total. The third-order valence-electron chi connectivity index (χ3n) is 2.77. The highest BCUT2D eigenvalue weighted by atomic mass is 16.4. The molecule has 0 saturated heterocycles. The number of aryl methyl sites for hydroxylation is 1. The predicted octanol–water partition coefficient (Wildman–Crippen LogP) is 0.804. The van der Waals surface area contributed by atoms with Crippen molar-refractivity contribution in [2.75, 3.05) is 0 Å². The van der Waals surface area contributed by atoms with E-state index in [-0.39, 0.29) is 5.84 Å². The Morgan fingerprint density at radius 3 is 2.58 bits per heavy atom. The molecule has 0 aliphatic heterocycles. The zero-order valence-electron chi connectivity index (χ0n) is 10.7. The first-order valence-electron chi connectivity index (χ1n) is 5.94. The van der Waals surface area contributed by atoms with Crippen LogP contribution in [0.2, 0.25) is 0 Å². The predicted molar refractivity (Wildman–Crippen MR) is 72.7 cm³/mol. The Morgan fingerprint density at radius 2 is 2.00 bits per heavy atom. The van der Waals surface area contributed by atoms with Gasteiger partial charge in [0.2, 0.25) is 0 Å². The number of benzene rings is 1. The van der Waals surface area contributed by atoms with Crippen LogP contribution in [0, 0.1) is 0 Å². The molecule has 1 aromatic carbocycles. The van der Waals surface area contributed by atoms with Crippen LogP contribution in [0.1, 0.15) is 16.7 Å².